The Morgan fingerprint density at radius 3 is 2.10 bits per heavy atom. The lowest BCUT2D eigenvalue weighted by molar-refractivity contribution is -0.116. The van der Waals surface area contributed by atoms with Gasteiger partial charge in [0.15, 0.2) is 0 Å². The van der Waals surface area contributed by atoms with E-state index in [2.05, 4.69) is 0 Å². The number of rotatable bonds is 4. The number of benzene rings is 2. The van der Waals surface area contributed by atoms with E-state index in [0.717, 1.165) is 17.7 Å². The zero-order chi connectivity index (χ0) is 14.8. The normalized spacial score (nSPS) is 13.8. The maximum atomic E-state index is 14.0. The van der Waals surface area contributed by atoms with Crippen LogP contribution in [-0.4, -0.2) is 5.24 Å². The maximum Gasteiger partial charge on any atom is 0.232 e. The molecule has 0 aliphatic heterocycles. The molecule has 0 heterocycles. The molecule has 104 valence electrons. The summed E-state index contributed by atoms with van der Waals surface area (Å²) in [5.41, 5.74) is -0.950. The first kappa shape index (κ1) is 14.7. The first-order valence-corrected chi connectivity index (χ1v) is 6.51. The summed E-state index contributed by atoms with van der Waals surface area (Å²) >= 11 is 5.64. The van der Waals surface area contributed by atoms with E-state index >= 15 is 0 Å². The number of hydrogen-bond donors (Lipinski definition) is 0. The van der Waals surface area contributed by atoms with Crippen LogP contribution in [0.4, 0.5) is 8.78 Å². The monoisotopic (exact) mass is 294 g/mol. The van der Waals surface area contributed by atoms with Gasteiger partial charge in [-0.1, -0.05) is 36.4 Å². The minimum Gasteiger partial charge on any atom is -0.280 e. The van der Waals surface area contributed by atoms with Crippen molar-refractivity contribution in [2.75, 3.05) is 0 Å². The molecular formula is C16H13ClF2O. The van der Waals surface area contributed by atoms with Crippen LogP contribution in [0.5, 0.6) is 0 Å². The van der Waals surface area contributed by atoms with Gasteiger partial charge in [-0.25, -0.2) is 8.78 Å². The zero-order valence-corrected chi connectivity index (χ0v) is 11.6. The van der Waals surface area contributed by atoms with Gasteiger partial charge in [-0.05, 0) is 42.6 Å². The molecular weight excluding hydrogens is 282 g/mol. The summed E-state index contributed by atoms with van der Waals surface area (Å²) in [7, 11) is 0. The third-order valence-corrected chi connectivity index (χ3v) is 3.77. The standard InChI is InChI=1S/C16H13ClF2O/c1-16(15(17)20,10-11-6-3-2-4-7-11)14-12(18)8-5-9-13(14)19/h2-9H,10H2,1H3. The average molecular weight is 295 g/mol. The van der Waals surface area contributed by atoms with E-state index in [1.54, 1.807) is 24.3 Å². The molecule has 0 fully saturated rings. The van der Waals surface area contributed by atoms with E-state index in [1.165, 1.54) is 13.0 Å². The maximum absolute atomic E-state index is 14.0. The van der Waals surface area contributed by atoms with Crippen molar-refractivity contribution in [2.24, 2.45) is 0 Å². The number of hydrogen-bond acceptors (Lipinski definition) is 1. The zero-order valence-electron chi connectivity index (χ0n) is 10.9. The Balaban J connectivity index is 2.53. The molecule has 2 rings (SSSR count). The van der Waals surface area contributed by atoms with Crippen molar-refractivity contribution in [3.05, 3.63) is 71.3 Å². The molecule has 0 saturated carbocycles. The van der Waals surface area contributed by atoms with Crippen LogP contribution >= 0.6 is 11.6 Å². The first-order chi connectivity index (χ1) is 9.45. The smallest absolute Gasteiger partial charge is 0.232 e. The summed E-state index contributed by atoms with van der Waals surface area (Å²) in [4.78, 5) is 11.8. The quantitative estimate of drug-likeness (QED) is 0.771. The van der Waals surface area contributed by atoms with Crippen LogP contribution in [-0.2, 0) is 16.6 Å². The second kappa shape index (κ2) is 5.71. The third-order valence-electron chi connectivity index (χ3n) is 3.35. The molecule has 0 amide bonds. The Labute approximate surface area is 121 Å². The molecule has 0 radical (unpaired) electrons. The third kappa shape index (κ3) is 2.73. The fourth-order valence-electron chi connectivity index (χ4n) is 2.29. The van der Waals surface area contributed by atoms with Gasteiger partial charge in [0, 0.05) is 5.56 Å². The van der Waals surface area contributed by atoms with Crippen molar-refractivity contribution in [3.8, 4) is 0 Å². The molecule has 0 bridgehead atoms. The molecule has 0 aliphatic rings. The fourth-order valence-corrected chi connectivity index (χ4v) is 2.45. The van der Waals surface area contributed by atoms with Gasteiger partial charge in [-0.15, -0.1) is 0 Å². The van der Waals surface area contributed by atoms with E-state index in [4.69, 9.17) is 11.6 Å². The Bertz CT molecular complexity index is 607. The van der Waals surface area contributed by atoms with Gasteiger partial charge < -0.3 is 0 Å². The SMILES string of the molecule is CC(Cc1ccccc1)(C(=O)Cl)c1c(F)cccc1F. The highest BCUT2D eigenvalue weighted by Crippen LogP contribution is 2.34. The average Bonchev–Trinajstić information content (AvgIpc) is 2.39. The van der Waals surface area contributed by atoms with E-state index in [1.807, 2.05) is 6.07 Å². The molecule has 2 aromatic carbocycles. The van der Waals surface area contributed by atoms with Gasteiger partial charge in [-0.2, -0.15) is 0 Å². The van der Waals surface area contributed by atoms with Gasteiger partial charge in [0.1, 0.15) is 11.6 Å². The van der Waals surface area contributed by atoms with Gasteiger partial charge >= 0.3 is 0 Å². The highest BCUT2D eigenvalue weighted by atomic mass is 35.5. The molecule has 0 saturated heterocycles. The Kier molecular flexibility index (Phi) is 4.19. The van der Waals surface area contributed by atoms with Gasteiger partial charge in [-0.3, -0.25) is 4.79 Å². The van der Waals surface area contributed by atoms with Crippen LogP contribution in [0.1, 0.15) is 18.1 Å². The molecule has 1 unspecified atom stereocenters. The van der Waals surface area contributed by atoms with Crippen LogP contribution in [0.15, 0.2) is 48.5 Å². The minimum absolute atomic E-state index is 0.133. The highest BCUT2D eigenvalue weighted by Gasteiger charge is 2.38. The molecule has 0 aliphatic carbocycles. The second-order valence-electron chi connectivity index (χ2n) is 4.86. The first-order valence-electron chi connectivity index (χ1n) is 6.13. The van der Waals surface area contributed by atoms with Crippen molar-refractivity contribution in [1.29, 1.82) is 0 Å². The van der Waals surface area contributed by atoms with Crippen molar-refractivity contribution in [3.63, 3.8) is 0 Å². The van der Waals surface area contributed by atoms with Crippen LogP contribution in [0.3, 0.4) is 0 Å². The topological polar surface area (TPSA) is 17.1 Å². The van der Waals surface area contributed by atoms with Gasteiger partial charge in [0.05, 0.1) is 5.41 Å². The Hall–Kier alpha value is -1.74. The molecule has 1 nitrogen and oxygen atoms in total. The van der Waals surface area contributed by atoms with Crippen molar-refractivity contribution < 1.29 is 13.6 Å². The van der Waals surface area contributed by atoms with E-state index < -0.39 is 22.3 Å². The largest absolute Gasteiger partial charge is 0.280 e. The fraction of sp³-hybridized carbons (Fsp3) is 0.188. The molecule has 0 spiro atoms. The number of carbonyl (C=O) groups is 1. The Morgan fingerprint density at radius 1 is 1.05 bits per heavy atom. The lowest BCUT2D eigenvalue weighted by atomic mass is 9.78. The molecule has 0 aromatic heterocycles. The van der Waals surface area contributed by atoms with Gasteiger partial charge in [0.25, 0.3) is 0 Å². The predicted octanol–water partition coefficient (Wildman–Crippen LogP) is 4.23. The van der Waals surface area contributed by atoms with E-state index in [-0.39, 0.29) is 12.0 Å². The summed E-state index contributed by atoms with van der Waals surface area (Å²) in [6, 6.07) is 12.5. The number of halogens is 3. The van der Waals surface area contributed by atoms with Crippen molar-refractivity contribution in [2.45, 2.75) is 18.8 Å². The molecule has 1 atom stereocenters. The summed E-state index contributed by atoms with van der Waals surface area (Å²) in [6.45, 7) is 1.46. The van der Waals surface area contributed by atoms with Crippen molar-refractivity contribution in [1.82, 2.24) is 0 Å². The van der Waals surface area contributed by atoms with Crippen LogP contribution in [0.25, 0.3) is 0 Å². The Morgan fingerprint density at radius 2 is 1.60 bits per heavy atom. The summed E-state index contributed by atoms with van der Waals surface area (Å²) in [5, 5.41) is -0.787. The minimum atomic E-state index is -1.45. The second-order valence-corrected chi connectivity index (χ2v) is 5.21. The predicted molar refractivity (Wildman–Crippen MR) is 74.7 cm³/mol. The molecule has 0 N–H and O–H groups in total. The van der Waals surface area contributed by atoms with E-state index in [9.17, 15) is 13.6 Å². The van der Waals surface area contributed by atoms with Gasteiger partial charge in [0.2, 0.25) is 5.24 Å². The summed E-state index contributed by atoms with van der Waals surface area (Å²) in [6.07, 6.45) is 0.133. The molecule has 2 aromatic rings. The molecule has 20 heavy (non-hydrogen) atoms. The van der Waals surface area contributed by atoms with Crippen LogP contribution < -0.4 is 0 Å². The molecule has 4 heteroatoms. The summed E-state index contributed by atoms with van der Waals surface area (Å²) in [5.74, 6) is -1.53. The summed E-state index contributed by atoms with van der Waals surface area (Å²) < 4.78 is 27.9. The van der Waals surface area contributed by atoms with Crippen molar-refractivity contribution >= 4 is 16.8 Å². The lowest BCUT2D eigenvalue weighted by Gasteiger charge is -2.27. The lowest BCUT2D eigenvalue weighted by Crippen LogP contribution is -2.34. The van der Waals surface area contributed by atoms with E-state index in [0.29, 0.717) is 0 Å². The van der Waals surface area contributed by atoms with Crippen LogP contribution in [0, 0.1) is 11.6 Å². The highest BCUT2D eigenvalue weighted by molar-refractivity contribution is 6.65. The van der Waals surface area contributed by atoms with Crippen LogP contribution in [0.2, 0.25) is 0 Å². The number of carbonyl (C=O) groups excluding carboxylic acids is 1.